The van der Waals surface area contributed by atoms with Gasteiger partial charge in [0, 0.05) is 5.56 Å². The Morgan fingerprint density at radius 2 is 1.81 bits per heavy atom. The highest BCUT2D eigenvalue weighted by Gasteiger charge is 2.07. The minimum absolute atomic E-state index is 0.0360. The Kier molecular flexibility index (Phi) is 5.05. The van der Waals surface area contributed by atoms with Crippen LogP contribution in [0.1, 0.15) is 15.9 Å². The van der Waals surface area contributed by atoms with E-state index in [1.807, 2.05) is 19.1 Å². The Bertz CT molecular complexity index is 370. The third-order valence-electron chi connectivity index (χ3n) is 2.05. The van der Waals surface area contributed by atoms with E-state index in [1.54, 1.807) is 12.1 Å². The van der Waals surface area contributed by atoms with Crippen molar-refractivity contribution in [2.24, 2.45) is 0 Å². The van der Waals surface area contributed by atoms with Gasteiger partial charge in [0.25, 0.3) is 0 Å². The lowest BCUT2D eigenvalue weighted by molar-refractivity contribution is -0.137. The molecule has 0 saturated carbocycles. The number of hydrogen-bond acceptors (Lipinski definition) is 4. The molecule has 0 aliphatic heterocycles. The van der Waals surface area contributed by atoms with Crippen molar-refractivity contribution in [1.29, 1.82) is 0 Å². The number of hydrogen-bond donors (Lipinski definition) is 0. The van der Waals surface area contributed by atoms with Crippen molar-refractivity contribution < 1.29 is 14.3 Å². The number of benzene rings is 1. The highest BCUT2D eigenvalue weighted by Crippen LogP contribution is 2.09. The van der Waals surface area contributed by atoms with Gasteiger partial charge in [-0.25, -0.2) is 0 Å². The van der Waals surface area contributed by atoms with Gasteiger partial charge in [0.1, 0.15) is 0 Å². The summed E-state index contributed by atoms with van der Waals surface area (Å²) in [6.07, 6.45) is 0. The van der Waals surface area contributed by atoms with Gasteiger partial charge < -0.3 is 4.74 Å². The summed E-state index contributed by atoms with van der Waals surface area (Å²) in [6, 6.07) is 7.41. The van der Waals surface area contributed by atoms with Gasteiger partial charge in [-0.1, -0.05) is 29.8 Å². The minimum atomic E-state index is -0.304. The molecule has 0 aliphatic carbocycles. The Hall–Kier alpha value is -1.29. The number of Topliss-reactive ketones (excluding diaryl/α,β-unsaturated/α-hetero) is 1. The largest absolute Gasteiger partial charge is 0.468 e. The zero-order chi connectivity index (χ0) is 12.0. The lowest BCUT2D eigenvalue weighted by atomic mass is 10.1. The number of thioether (sulfide) groups is 1. The molecule has 0 unspecified atom stereocenters. The summed E-state index contributed by atoms with van der Waals surface area (Å²) in [5, 5.41) is 0. The van der Waals surface area contributed by atoms with E-state index in [2.05, 4.69) is 4.74 Å². The van der Waals surface area contributed by atoms with Crippen LogP contribution < -0.4 is 0 Å². The summed E-state index contributed by atoms with van der Waals surface area (Å²) in [6.45, 7) is 1.97. The van der Waals surface area contributed by atoms with Crippen LogP contribution in [0.25, 0.3) is 0 Å². The lowest BCUT2D eigenvalue weighted by Crippen LogP contribution is -2.08. The molecular formula is C12H14O3S. The van der Waals surface area contributed by atoms with Crippen molar-refractivity contribution in [1.82, 2.24) is 0 Å². The smallest absolute Gasteiger partial charge is 0.315 e. The highest BCUT2D eigenvalue weighted by atomic mass is 32.2. The second-order valence-electron chi connectivity index (χ2n) is 3.36. The van der Waals surface area contributed by atoms with Gasteiger partial charge in [-0.2, -0.15) is 0 Å². The maximum atomic E-state index is 11.7. The first-order valence-corrected chi connectivity index (χ1v) is 6.03. The second-order valence-corrected chi connectivity index (χ2v) is 4.34. The number of carbonyl (C=O) groups is 2. The van der Waals surface area contributed by atoms with Crippen molar-refractivity contribution in [3.05, 3.63) is 35.4 Å². The van der Waals surface area contributed by atoms with Crippen LogP contribution in [-0.2, 0) is 9.53 Å². The van der Waals surface area contributed by atoms with Crippen LogP contribution in [0.15, 0.2) is 24.3 Å². The van der Waals surface area contributed by atoms with Gasteiger partial charge in [0.05, 0.1) is 18.6 Å². The molecule has 1 rings (SSSR count). The van der Waals surface area contributed by atoms with Gasteiger partial charge in [0.2, 0.25) is 0 Å². The number of aryl methyl sites for hydroxylation is 1. The number of methoxy groups -OCH3 is 1. The fraction of sp³-hybridized carbons (Fsp3) is 0.333. The fourth-order valence-electron chi connectivity index (χ4n) is 1.11. The van der Waals surface area contributed by atoms with E-state index >= 15 is 0 Å². The number of esters is 1. The summed E-state index contributed by atoms with van der Waals surface area (Å²) >= 11 is 1.27. The fourth-order valence-corrected chi connectivity index (χ4v) is 1.85. The van der Waals surface area contributed by atoms with Gasteiger partial charge in [0.15, 0.2) is 5.78 Å². The van der Waals surface area contributed by atoms with Crippen LogP contribution in [0.3, 0.4) is 0 Å². The molecule has 0 N–H and O–H groups in total. The maximum absolute atomic E-state index is 11.7. The van der Waals surface area contributed by atoms with E-state index < -0.39 is 0 Å². The minimum Gasteiger partial charge on any atom is -0.468 e. The Morgan fingerprint density at radius 1 is 1.19 bits per heavy atom. The van der Waals surface area contributed by atoms with Crippen molar-refractivity contribution in [2.45, 2.75) is 6.92 Å². The molecule has 16 heavy (non-hydrogen) atoms. The van der Waals surface area contributed by atoms with Crippen LogP contribution >= 0.6 is 11.8 Å². The molecular weight excluding hydrogens is 224 g/mol. The highest BCUT2D eigenvalue weighted by molar-refractivity contribution is 8.00. The Balaban J connectivity index is 2.41. The van der Waals surface area contributed by atoms with Gasteiger partial charge in [-0.3, -0.25) is 9.59 Å². The molecule has 3 nitrogen and oxygen atoms in total. The van der Waals surface area contributed by atoms with Gasteiger partial charge >= 0.3 is 5.97 Å². The normalized spacial score (nSPS) is 9.88. The lowest BCUT2D eigenvalue weighted by Gasteiger charge is -2.01. The van der Waals surface area contributed by atoms with Crippen LogP contribution in [0.2, 0.25) is 0 Å². The third kappa shape index (κ3) is 4.06. The average Bonchev–Trinajstić information content (AvgIpc) is 2.29. The van der Waals surface area contributed by atoms with Crippen molar-refractivity contribution in [3.8, 4) is 0 Å². The van der Waals surface area contributed by atoms with E-state index in [0.29, 0.717) is 11.3 Å². The van der Waals surface area contributed by atoms with E-state index in [9.17, 15) is 9.59 Å². The SMILES string of the molecule is COC(=O)CSCC(=O)c1ccc(C)cc1. The second kappa shape index (κ2) is 6.33. The first-order valence-electron chi connectivity index (χ1n) is 4.88. The average molecular weight is 238 g/mol. The van der Waals surface area contributed by atoms with Crippen LogP contribution in [0.5, 0.6) is 0 Å². The monoisotopic (exact) mass is 238 g/mol. The van der Waals surface area contributed by atoms with Gasteiger partial charge in [-0.05, 0) is 6.92 Å². The first-order chi connectivity index (χ1) is 7.63. The zero-order valence-electron chi connectivity index (χ0n) is 9.36. The summed E-state index contributed by atoms with van der Waals surface area (Å²) in [7, 11) is 1.34. The van der Waals surface area contributed by atoms with E-state index in [1.165, 1.54) is 18.9 Å². The standard InChI is InChI=1S/C12H14O3S/c1-9-3-5-10(6-4-9)11(13)7-16-8-12(14)15-2/h3-6H,7-8H2,1-2H3. The van der Waals surface area contributed by atoms with Crippen LogP contribution in [0.4, 0.5) is 0 Å². The van der Waals surface area contributed by atoms with E-state index in [-0.39, 0.29) is 17.5 Å². The Labute approximate surface area is 99.2 Å². The molecule has 0 heterocycles. The summed E-state index contributed by atoms with van der Waals surface area (Å²) < 4.78 is 4.48. The number of carbonyl (C=O) groups excluding carboxylic acids is 2. The molecule has 0 fully saturated rings. The molecule has 1 aromatic carbocycles. The Morgan fingerprint density at radius 3 is 2.38 bits per heavy atom. The molecule has 0 spiro atoms. The zero-order valence-corrected chi connectivity index (χ0v) is 10.2. The van der Waals surface area contributed by atoms with Crippen molar-refractivity contribution >= 4 is 23.5 Å². The molecule has 0 aromatic heterocycles. The summed E-state index contributed by atoms with van der Waals surface area (Å²) in [5.41, 5.74) is 1.81. The van der Waals surface area contributed by atoms with Crippen molar-refractivity contribution in [3.63, 3.8) is 0 Å². The van der Waals surface area contributed by atoms with Crippen LogP contribution in [-0.4, -0.2) is 30.4 Å². The number of ether oxygens (including phenoxy) is 1. The molecule has 0 saturated heterocycles. The first kappa shape index (κ1) is 12.8. The van der Waals surface area contributed by atoms with Gasteiger partial charge in [-0.15, -0.1) is 11.8 Å². The predicted octanol–water partition coefficient (Wildman–Crippen LogP) is 2.08. The molecule has 0 amide bonds. The molecule has 0 atom stereocenters. The van der Waals surface area contributed by atoms with E-state index in [0.717, 1.165) is 5.56 Å². The maximum Gasteiger partial charge on any atom is 0.315 e. The van der Waals surface area contributed by atoms with Crippen molar-refractivity contribution in [2.75, 3.05) is 18.6 Å². The third-order valence-corrected chi connectivity index (χ3v) is 2.96. The molecule has 0 radical (unpaired) electrons. The van der Waals surface area contributed by atoms with Crippen LogP contribution in [0, 0.1) is 6.92 Å². The van der Waals surface area contributed by atoms with E-state index in [4.69, 9.17) is 0 Å². The quantitative estimate of drug-likeness (QED) is 0.582. The summed E-state index contributed by atoms with van der Waals surface area (Å²) in [4.78, 5) is 22.5. The molecule has 4 heteroatoms. The molecule has 0 aliphatic rings. The molecule has 86 valence electrons. The topological polar surface area (TPSA) is 43.4 Å². The summed E-state index contributed by atoms with van der Waals surface area (Å²) in [5.74, 6) is 0.252. The molecule has 0 bridgehead atoms. The number of ketones is 1. The number of rotatable bonds is 5. The molecule has 1 aromatic rings. The predicted molar refractivity (Wildman–Crippen MR) is 64.9 cm³/mol.